The number of anilines is 1. The molecule has 34 heavy (non-hydrogen) atoms. The van der Waals surface area contributed by atoms with Crippen LogP contribution >= 0.6 is 11.3 Å². The van der Waals surface area contributed by atoms with Crippen LogP contribution in [0.15, 0.2) is 54.6 Å². The Bertz CT molecular complexity index is 1180. The number of nitrogens with one attached hydrogen (secondary N) is 1. The number of nitrogens with zero attached hydrogens (tertiary/aromatic N) is 2. The molecule has 5 nitrogen and oxygen atoms in total. The van der Waals surface area contributed by atoms with E-state index in [0.29, 0.717) is 18.7 Å². The predicted octanol–water partition coefficient (Wildman–Crippen LogP) is 5.15. The predicted molar refractivity (Wildman–Crippen MR) is 138 cm³/mol. The number of carbonyl (C=O) groups is 2. The highest BCUT2D eigenvalue weighted by atomic mass is 32.1. The molecule has 5 rings (SSSR count). The molecule has 2 amide bonds. The second-order valence-electron chi connectivity index (χ2n) is 9.24. The van der Waals surface area contributed by atoms with Crippen LogP contribution in [0.1, 0.15) is 55.1 Å². The summed E-state index contributed by atoms with van der Waals surface area (Å²) in [5.74, 6) is -0.0720. The first-order valence-corrected chi connectivity index (χ1v) is 13.0. The zero-order valence-corrected chi connectivity index (χ0v) is 20.5. The number of carbonyl (C=O) groups excluding carboxylic acids is 2. The van der Waals surface area contributed by atoms with Crippen molar-refractivity contribution >= 4 is 28.2 Å². The zero-order valence-electron chi connectivity index (χ0n) is 19.7. The molecule has 2 heterocycles. The number of piperazine rings is 1. The highest BCUT2D eigenvalue weighted by molar-refractivity contribution is 7.17. The Labute approximate surface area is 205 Å². The summed E-state index contributed by atoms with van der Waals surface area (Å²) in [4.78, 5) is 32.5. The van der Waals surface area contributed by atoms with Gasteiger partial charge in [0.2, 0.25) is 0 Å². The van der Waals surface area contributed by atoms with Crippen molar-refractivity contribution in [1.82, 2.24) is 9.80 Å². The van der Waals surface area contributed by atoms with Gasteiger partial charge in [-0.2, -0.15) is 0 Å². The van der Waals surface area contributed by atoms with E-state index in [-0.39, 0.29) is 11.8 Å². The van der Waals surface area contributed by atoms with Crippen LogP contribution in [0.4, 0.5) is 5.00 Å². The van der Waals surface area contributed by atoms with Crippen molar-refractivity contribution in [3.05, 3.63) is 87.3 Å². The zero-order chi connectivity index (χ0) is 23.5. The lowest BCUT2D eigenvalue weighted by atomic mass is 9.94. The summed E-state index contributed by atoms with van der Waals surface area (Å²) in [6, 6.07) is 18.1. The SMILES string of the molecule is Cc1ccccc1C(=O)Nc1sc2c(c1C(=O)N1CCN(Cc3ccccc3)CC1)CCCC2. The van der Waals surface area contributed by atoms with E-state index in [2.05, 4.69) is 34.5 Å². The molecule has 1 fully saturated rings. The maximum atomic E-state index is 13.8. The standard InChI is InChI=1S/C28H31N3O2S/c1-20-9-5-6-12-22(20)26(32)29-27-25(23-13-7-8-14-24(23)34-27)28(33)31-17-15-30(16-18-31)19-21-10-3-2-4-11-21/h2-6,9-12H,7-8,13-19H2,1H3,(H,29,32). The maximum absolute atomic E-state index is 13.8. The van der Waals surface area contributed by atoms with Gasteiger partial charge in [-0.05, 0) is 55.4 Å². The van der Waals surface area contributed by atoms with E-state index in [9.17, 15) is 9.59 Å². The van der Waals surface area contributed by atoms with E-state index in [1.165, 1.54) is 10.4 Å². The number of thiophene rings is 1. The fourth-order valence-electron chi connectivity index (χ4n) is 4.99. The van der Waals surface area contributed by atoms with E-state index < -0.39 is 0 Å². The van der Waals surface area contributed by atoms with Crippen LogP contribution in [0.2, 0.25) is 0 Å². The third kappa shape index (κ3) is 4.79. The van der Waals surface area contributed by atoms with Gasteiger partial charge in [0, 0.05) is 43.2 Å². The number of benzene rings is 2. The summed E-state index contributed by atoms with van der Waals surface area (Å²) in [7, 11) is 0. The molecule has 0 unspecified atom stereocenters. The third-order valence-electron chi connectivity index (χ3n) is 6.91. The molecular formula is C28H31N3O2S. The van der Waals surface area contributed by atoms with Gasteiger partial charge in [0.05, 0.1) is 5.56 Å². The molecule has 0 saturated carbocycles. The van der Waals surface area contributed by atoms with Crippen molar-refractivity contribution in [1.29, 1.82) is 0 Å². The van der Waals surface area contributed by atoms with Crippen LogP contribution in [0.3, 0.4) is 0 Å². The van der Waals surface area contributed by atoms with E-state index in [1.54, 1.807) is 11.3 Å². The first kappa shape index (κ1) is 22.8. The second-order valence-corrected chi connectivity index (χ2v) is 10.3. The summed E-state index contributed by atoms with van der Waals surface area (Å²) in [6.07, 6.45) is 4.15. The number of hydrogen-bond donors (Lipinski definition) is 1. The molecule has 1 aromatic heterocycles. The molecule has 6 heteroatoms. The van der Waals surface area contributed by atoms with Gasteiger partial charge in [0.15, 0.2) is 0 Å². The quantitative estimate of drug-likeness (QED) is 0.558. The second kappa shape index (κ2) is 10.1. The fraction of sp³-hybridized carbons (Fsp3) is 0.357. The van der Waals surface area contributed by atoms with Gasteiger partial charge < -0.3 is 10.2 Å². The highest BCUT2D eigenvalue weighted by Crippen LogP contribution is 2.39. The Morgan fingerprint density at radius 3 is 2.38 bits per heavy atom. The minimum absolute atomic E-state index is 0.0684. The lowest BCUT2D eigenvalue weighted by Gasteiger charge is -2.35. The molecule has 1 aliphatic carbocycles. The molecule has 0 atom stereocenters. The van der Waals surface area contributed by atoms with Gasteiger partial charge in [-0.3, -0.25) is 14.5 Å². The molecule has 2 aliphatic rings. The van der Waals surface area contributed by atoms with Crippen LogP contribution in [-0.2, 0) is 19.4 Å². The summed E-state index contributed by atoms with van der Waals surface area (Å²) in [6.45, 7) is 5.99. The Kier molecular flexibility index (Phi) is 6.79. The number of rotatable bonds is 5. The normalized spacial score (nSPS) is 16.2. The van der Waals surface area contributed by atoms with E-state index in [4.69, 9.17) is 0 Å². The lowest BCUT2D eigenvalue weighted by molar-refractivity contribution is 0.0628. The summed E-state index contributed by atoms with van der Waals surface area (Å²) < 4.78 is 0. The van der Waals surface area contributed by atoms with Gasteiger partial charge in [0.1, 0.15) is 5.00 Å². The highest BCUT2D eigenvalue weighted by Gasteiger charge is 2.31. The number of hydrogen-bond acceptors (Lipinski definition) is 4. The van der Waals surface area contributed by atoms with Crippen LogP contribution in [-0.4, -0.2) is 47.8 Å². The Balaban J connectivity index is 1.33. The maximum Gasteiger partial charge on any atom is 0.257 e. The Hall–Kier alpha value is -2.96. The summed E-state index contributed by atoms with van der Waals surface area (Å²) in [5, 5.41) is 3.83. The molecule has 1 aliphatic heterocycles. The van der Waals surface area contributed by atoms with Gasteiger partial charge in [-0.15, -0.1) is 11.3 Å². The average Bonchev–Trinajstić information content (AvgIpc) is 3.22. The molecule has 1 saturated heterocycles. The van der Waals surface area contributed by atoms with Crippen molar-refractivity contribution in [3.63, 3.8) is 0 Å². The van der Waals surface area contributed by atoms with E-state index >= 15 is 0 Å². The van der Waals surface area contributed by atoms with Gasteiger partial charge in [-0.1, -0.05) is 48.5 Å². The third-order valence-corrected chi connectivity index (χ3v) is 8.12. The molecule has 176 valence electrons. The molecule has 0 radical (unpaired) electrons. The topological polar surface area (TPSA) is 52.7 Å². The molecule has 0 bridgehead atoms. The number of amides is 2. The van der Waals surface area contributed by atoms with Crippen molar-refractivity contribution in [2.24, 2.45) is 0 Å². The first-order valence-electron chi connectivity index (χ1n) is 12.2. The molecule has 1 N–H and O–H groups in total. The Morgan fingerprint density at radius 2 is 1.62 bits per heavy atom. The van der Waals surface area contributed by atoms with Crippen LogP contribution in [0.5, 0.6) is 0 Å². The lowest BCUT2D eigenvalue weighted by Crippen LogP contribution is -2.48. The van der Waals surface area contributed by atoms with Crippen molar-refractivity contribution in [3.8, 4) is 0 Å². The minimum atomic E-state index is -0.140. The van der Waals surface area contributed by atoms with Gasteiger partial charge >= 0.3 is 0 Å². The van der Waals surface area contributed by atoms with E-state index in [1.807, 2.05) is 42.2 Å². The van der Waals surface area contributed by atoms with Crippen molar-refractivity contribution < 1.29 is 9.59 Å². The van der Waals surface area contributed by atoms with Crippen LogP contribution in [0, 0.1) is 6.92 Å². The fourth-order valence-corrected chi connectivity index (χ4v) is 6.26. The minimum Gasteiger partial charge on any atom is -0.336 e. The molecular weight excluding hydrogens is 442 g/mol. The number of aryl methyl sites for hydroxylation is 2. The van der Waals surface area contributed by atoms with Crippen molar-refractivity contribution in [2.45, 2.75) is 39.2 Å². The summed E-state index contributed by atoms with van der Waals surface area (Å²) >= 11 is 1.60. The van der Waals surface area contributed by atoms with Crippen LogP contribution in [0.25, 0.3) is 0 Å². The first-order chi connectivity index (χ1) is 16.6. The smallest absolute Gasteiger partial charge is 0.257 e. The molecule has 3 aromatic rings. The van der Waals surface area contributed by atoms with Crippen molar-refractivity contribution in [2.75, 3.05) is 31.5 Å². The molecule has 2 aromatic carbocycles. The average molecular weight is 474 g/mol. The molecule has 0 spiro atoms. The van der Waals surface area contributed by atoms with Gasteiger partial charge in [0.25, 0.3) is 11.8 Å². The van der Waals surface area contributed by atoms with Crippen LogP contribution < -0.4 is 5.32 Å². The summed E-state index contributed by atoms with van der Waals surface area (Å²) in [5.41, 5.74) is 4.78. The van der Waals surface area contributed by atoms with Gasteiger partial charge in [-0.25, -0.2) is 0 Å². The monoisotopic (exact) mass is 473 g/mol. The Morgan fingerprint density at radius 1 is 0.912 bits per heavy atom. The van der Waals surface area contributed by atoms with E-state index in [0.717, 1.165) is 67.0 Å². The number of fused-ring (bicyclic) bond motifs is 1. The largest absolute Gasteiger partial charge is 0.336 e.